The smallest absolute Gasteiger partial charge is 0.408 e. The summed E-state index contributed by atoms with van der Waals surface area (Å²) in [4.78, 5) is 17.7. The van der Waals surface area contributed by atoms with Gasteiger partial charge in [-0.1, -0.05) is 19.9 Å². The Labute approximate surface area is 185 Å². The van der Waals surface area contributed by atoms with E-state index < -0.39 is 17.2 Å². The molecule has 1 atom stereocenters. The van der Waals surface area contributed by atoms with Gasteiger partial charge in [-0.2, -0.15) is 0 Å². The fraction of sp³-hybridized carbons (Fsp3) is 0.520. The summed E-state index contributed by atoms with van der Waals surface area (Å²) >= 11 is 0. The Hall–Kier alpha value is -2.76. The number of carboxylic acid groups (broad SMARTS) is 1. The second kappa shape index (κ2) is 8.40. The van der Waals surface area contributed by atoms with Crippen LogP contribution in [0.1, 0.15) is 60.5 Å². The van der Waals surface area contributed by atoms with Crippen LogP contribution < -0.4 is 9.47 Å². The normalized spacial score (nSPS) is 15.5. The Morgan fingerprint density at radius 2 is 1.94 bits per heavy atom. The molecule has 0 radical (unpaired) electrons. The fourth-order valence-electron chi connectivity index (χ4n) is 4.34. The minimum absolute atomic E-state index is 0.246. The van der Waals surface area contributed by atoms with Crippen molar-refractivity contribution in [2.45, 2.75) is 72.1 Å². The highest BCUT2D eigenvalue weighted by atomic mass is 16.5. The summed E-state index contributed by atoms with van der Waals surface area (Å²) in [6.45, 7) is 14.3. The zero-order valence-corrected chi connectivity index (χ0v) is 19.6. The molecule has 0 bridgehead atoms. The van der Waals surface area contributed by atoms with E-state index in [0.29, 0.717) is 18.3 Å². The Kier molecular flexibility index (Phi) is 6.21. The molecule has 6 nitrogen and oxygen atoms in total. The Morgan fingerprint density at radius 3 is 2.55 bits per heavy atom. The third-order valence-corrected chi connectivity index (χ3v) is 5.56. The summed E-state index contributed by atoms with van der Waals surface area (Å²) in [6.07, 6.45) is 3.31. The summed E-state index contributed by atoms with van der Waals surface area (Å²) in [5.74, 6) is 1.83. The molecule has 2 heterocycles. The quantitative estimate of drug-likeness (QED) is 0.618. The van der Waals surface area contributed by atoms with Gasteiger partial charge in [0.1, 0.15) is 23.7 Å². The second-order valence-electron chi connectivity index (χ2n) is 10.1. The van der Waals surface area contributed by atoms with Crippen LogP contribution in [0.25, 0.3) is 11.1 Å². The highest BCUT2D eigenvalue weighted by Crippen LogP contribution is 2.45. The monoisotopic (exact) mass is 426 g/mol. The van der Waals surface area contributed by atoms with E-state index >= 15 is 0 Å². The molecule has 0 spiro atoms. The fourth-order valence-corrected chi connectivity index (χ4v) is 4.34. The van der Waals surface area contributed by atoms with Crippen LogP contribution in [0.5, 0.6) is 11.5 Å². The molecule has 2 aromatic rings. The van der Waals surface area contributed by atoms with E-state index in [9.17, 15) is 9.90 Å². The predicted octanol–water partition coefficient (Wildman–Crippen LogP) is 5.95. The number of fused-ring (bicyclic) bond motifs is 3. The molecule has 0 fully saturated rings. The average molecular weight is 427 g/mol. The van der Waals surface area contributed by atoms with Crippen LogP contribution in [0.4, 0.5) is 4.79 Å². The van der Waals surface area contributed by atoms with E-state index in [1.165, 1.54) is 4.90 Å². The van der Waals surface area contributed by atoms with Crippen molar-refractivity contribution in [2.75, 3.05) is 6.61 Å². The minimum Gasteiger partial charge on any atom is -0.491 e. The van der Waals surface area contributed by atoms with Gasteiger partial charge in [0.2, 0.25) is 0 Å². The van der Waals surface area contributed by atoms with Crippen molar-refractivity contribution in [1.82, 2.24) is 9.88 Å². The zero-order valence-electron chi connectivity index (χ0n) is 19.6. The largest absolute Gasteiger partial charge is 0.491 e. The van der Waals surface area contributed by atoms with Crippen LogP contribution in [0.3, 0.4) is 0 Å². The first kappa shape index (κ1) is 22.9. The van der Waals surface area contributed by atoms with E-state index in [4.69, 9.17) is 9.47 Å². The maximum atomic E-state index is 12.0. The van der Waals surface area contributed by atoms with Crippen LogP contribution in [-0.4, -0.2) is 39.3 Å². The first-order valence-corrected chi connectivity index (χ1v) is 10.8. The van der Waals surface area contributed by atoms with Gasteiger partial charge in [0.25, 0.3) is 0 Å². The van der Waals surface area contributed by atoms with Gasteiger partial charge in [0, 0.05) is 22.9 Å². The zero-order chi connectivity index (χ0) is 23.0. The van der Waals surface area contributed by atoms with E-state index in [1.807, 2.05) is 58.9 Å². The van der Waals surface area contributed by atoms with Gasteiger partial charge in [-0.05, 0) is 70.7 Å². The number of hydrogen-bond donors (Lipinski definition) is 1. The van der Waals surface area contributed by atoms with E-state index in [-0.39, 0.29) is 6.04 Å². The van der Waals surface area contributed by atoms with Gasteiger partial charge in [-0.3, -0.25) is 9.88 Å². The van der Waals surface area contributed by atoms with Crippen LogP contribution in [0, 0.1) is 5.92 Å². The van der Waals surface area contributed by atoms with Gasteiger partial charge in [-0.25, -0.2) is 4.79 Å². The molecular weight excluding hydrogens is 392 g/mol. The van der Waals surface area contributed by atoms with Crippen LogP contribution in [0.15, 0.2) is 36.7 Å². The first-order valence-electron chi connectivity index (χ1n) is 10.8. The number of rotatable bonds is 6. The predicted molar refractivity (Wildman–Crippen MR) is 122 cm³/mol. The summed E-state index contributed by atoms with van der Waals surface area (Å²) in [5, 5.41) is 9.86. The van der Waals surface area contributed by atoms with Crippen molar-refractivity contribution >= 4 is 6.09 Å². The van der Waals surface area contributed by atoms with Crippen molar-refractivity contribution in [3.05, 3.63) is 42.2 Å². The molecule has 0 aliphatic carbocycles. The molecule has 3 rings (SSSR count). The number of amides is 1. The van der Waals surface area contributed by atoms with Gasteiger partial charge < -0.3 is 14.6 Å². The van der Waals surface area contributed by atoms with E-state index in [1.54, 1.807) is 12.4 Å². The Morgan fingerprint density at radius 1 is 1.23 bits per heavy atom. The highest BCUT2D eigenvalue weighted by Gasteiger charge is 2.35. The lowest BCUT2D eigenvalue weighted by Crippen LogP contribution is -2.53. The highest BCUT2D eigenvalue weighted by molar-refractivity contribution is 5.76. The number of benzene rings is 1. The average Bonchev–Trinajstić information content (AvgIpc) is 2.64. The molecule has 0 saturated carbocycles. The molecule has 31 heavy (non-hydrogen) atoms. The number of carbonyl (C=O) groups is 1. The molecule has 1 aliphatic heterocycles. The number of hydrogen-bond acceptors (Lipinski definition) is 4. The van der Waals surface area contributed by atoms with Crippen LogP contribution in [-0.2, 0) is 5.60 Å². The third-order valence-electron chi connectivity index (χ3n) is 5.56. The lowest BCUT2D eigenvalue weighted by molar-refractivity contribution is 0.0433. The van der Waals surface area contributed by atoms with Gasteiger partial charge in [0.15, 0.2) is 0 Å². The maximum Gasteiger partial charge on any atom is 0.408 e. The molecule has 1 N–H and O–H groups in total. The topological polar surface area (TPSA) is 71.9 Å². The molecule has 0 saturated heterocycles. The van der Waals surface area contributed by atoms with Gasteiger partial charge in [0.05, 0.1) is 12.2 Å². The van der Waals surface area contributed by atoms with E-state index in [2.05, 4.69) is 18.8 Å². The van der Waals surface area contributed by atoms with Crippen molar-refractivity contribution < 1.29 is 19.4 Å². The van der Waals surface area contributed by atoms with Gasteiger partial charge in [-0.15, -0.1) is 0 Å². The Bertz CT molecular complexity index is 947. The van der Waals surface area contributed by atoms with Crippen molar-refractivity contribution in [3.8, 4) is 22.6 Å². The lowest BCUT2D eigenvalue weighted by Gasteiger charge is -2.40. The second-order valence-corrected chi connectivity index (χ2v) is 10.1. The van der Waals surface area contributed by atoms with Gasteiger partial charge >= 0.3 is 6.09 Å². The maximum absolute atomic E-state index is 12.0. The number of ether oxygens (including phenoxy) is 2. The number of aromatic nitrogens is 1. The standard InChI is InChI=1S/C25H34N2O4/c1-16(2)12-17(27(23(28)29)24(3,4)5)15-30-18-8-9-19-20-10-11-26-14-22(20)31-25(6,7)21(19)13-18/h8-11,13-14,16-17H,12,15H2,1-7H3,(H,28,29)/t17-/m0/s1. The Balaban J connectivity index is 1.88. The molecule has 1 aromatic carbocycles. The minimum atomic E-state index is -0.924. The molecule has 0 unspecified atom stereocenters. The SMILES string of the molecule is CC(C)C[C@@H](COc1ccc2c(c1)C(C)(C)Oc1cnccc1-2)N(C(=O)O)C(C)(C)C. The number of nitrogens with zero attached hydrogens (tertiary/aromatic N) is 2. The summed E-state index contributed by atoms with van der Waals surface area (Å²) in [6, 6.07) is 7.71. The summed E-state index contributed by atoms with van der Waals surface area (Å²) < 4.78 is 12.4. The summed E-state index contributed by atoms with van der Waals surface area (Å²) in [7, 11) is 0. The van der Waals surface area contributed by atoms with E-state index in [0.717, 1.165) is 28.9 Å². The lowest BCUT2D eigenvalue weighted by atomic mass is 9.86. The van der Waals surface area contributed by atoms with Crippen molar-refractivity contribution in [2.24, 2.45) is 5.92 Å². The molecule has 1 aliphatic rings. The molecule has 1 amide bonds. The first-order chi connectivity index (χ1) is 14.4. The number of pyridine rings is 1. The molecule has 168 valence electrons. The third kappa shape index (κ3) is 4.94. The molecule has 6 heteroatoms. The van der Waals surface area contributed by atoms with Crippen molar-refractivity contribution in [3.63, 3.8) is 0 Å². The van der Waals surface area contributed by atoms with Crippen LogP contribution in [0.2, 0.25) is 0 Å². The molecule has 1 aromatic heterocycles. The molecular formula is C25H34N2O4. The van der Waals surface area contributed by atoms with Crippen molar-refractivity contribution in [1.29, 1.82) is 0 Å². The summed E-state index contributed by atoms with van der Waals surface area (Å²) in [5.41, 5.74) is 2.11. The van der Waals surface area contributed by atoms with Crippen LogP contribution >= 0.6 is 0 Å².